The zero-order chi connectivity index (χ0) is 16.0. The monoisotopic (exact) mass is 316 g/mol. The number of carbonyl (C=O) groups excluding carboxylic acids is 1. The van der Waals surface area contributed by atoms with Crippen LogP contribution in [0.15, 0.2) is 18.2 Å². The lowest BCUT2D eigenvalue weighted by Gasteiger charge is -2.43. The lowest BCUT2D eigenvalue weighted by atomic mass is 9.65. The molecular formula is C19H25FN2O. The first-order valence-electron chi connectivity index (χ1n) is 8.96. The van der Waals surface area contributed by atoms with Crippen molar-refractivity contribution < 1.29 is 9.18 Å². The van der Waals surface area contributed by atoms with E-state index in [4.69, 9.17) is 5.73 Å². The number of nitrogens with two attached hydrogens (primary N) is 1. The van der Waals surface area contributed by atoms with E-state index in [-0.39, 0.29) is 23.7 Å². The Morgan fingerprint density at radius 1 is 1.17 bits per heavy atom. The minimum Gasteiger partial charge on any atom is -0.349 e. The second kappa shape index (κ2) is 5.90. The van der Waals surface area contributed by atoms with Crippen molar-refractivity contribution in [3.05, 3.63) is 35.1 Å². The Kier molecular flexibility index (Phi) is 3.88. The molecule has 124 valence electrons. The Hall–Kier alpha value is -1.42. The van der Waals surface area contributed by atoms with Gasteiger partial charge in [-0.2, -0.15) is 0 Å². The lowest BCUT2D eigenvalue weighted by Crippen LogP contribution is -2.49. The first kappa shape index (κ1) is 15.1. The maximum absolute atomic E-state index is 13.3. The molecule has 3 nitrogen and oxygen atoms in total. The molecule has 0 spiro atoms. The van der Waals surface area contributed by atoms with Gasteiger partial charge in [0.25, 0.3) is 0 Å². The summed E-state index contributed by atoms with van der Waals surface area (Å²) in [4.78, 5) is 12.7. The number of amides is 1. The van der Waals surface area contributed by atoms with Gasteiger partial charge in [0.1, 0.15) is 5.82 Å². The highest BCUT2D eigenvalue weighted by Gasteiger charge is 2.41. The van der Waals surface area contributed by atoms with Crippen molar-refractivity contribution in [1.29, 1.82) is 0 Å². The van der Waals surface area contributed by atoms with Gasteiger partial charge in [-0.05, 0) is 73.6 Å². The highest BCUT2D eigenvalue weighted by molar-refractivity contribution is 5.79. The molecule has 1 aromatic carbocycles. The summed E-state index contributed by atoms with van der Waals surface area (Å²) in [6.45, 7) is 0. The van der Waals surface area contributed by atoms with E-state index in [9.17, 15) is 9.18 Å². The van der Waals surface area contributed by atoms with Crippen LogP contribution in [0.3, 0.4) is 0 Å². The molecule has 2 saturated carbocycles. The van der Waals surface area contributed by atoms with Gasteiger partial charge in [0.2, 0.25) is 5.91 Å². The zero-order valence-corrected chi connectivity index (χ0v) is 13.4. The van der Waals surface area contributed by atoms with Crippen LogP contribution >= 0.6 is 0 Å². The number of hydrogen-bond acceptors (Lipinski definition) is 2. The third kappa shape index (κ3) is 2.78. The molecule has 3 unspecified atom stereocenters. The van der Waals surface area contributed by atoms with Crippen molar-refractivity contribution in [2.24, 2.45) is 23.5 Å². The van der Waals surface area contributed by atoms with Crippen molar-refractivity contribution in [2.75, 3.05) is 0 Å². The van der Waals surface area contributed by atoms with Crippen LogP contribution in [0.4, 0.5) is 4.39 Å². The van der Waals surface area contributed by atoms with E-state index in [0.717, 1.165) is 36.8 Å². The van der Waals surface area contributed by atoms with Gasteiger partial charge in [0.05, 0.1) is 6.04 Å². The maximum atomic E-state index is 13.3. The molecule has 0 radical (unpaired) electrons. The number of benzene rings is 1. The minimum atomic E-state index is -0.190. The van der Waals surface area contributed by atoms with Gasteiger partial charge in [-0.3, -0.25) is 4.79 Å². The Labute approximate surface area is 136 Å². The number of rotatable bonds is 2. The molecule has 3 atom stereocenters. The molecule has 3 aliphatic rings. The molecule has 0 saturated heterocycles. The lowest BCUT2D eigenvalue weighted by molar-refractivity contribution is -0.128. The molecule has 1 aromatic rings. The minimum absolute atomic E-state index is 0.0496. The van der Waals surface area contributed by atoms with Gasteiger partial charge in [-0.25, -0.2) is 4.39 Å². The summed E-state index contributed by atoms with van der Waals surface area (Å²) in [5.41, 5.74) is 8.45. The number of nitrogens with one attached hydrogen (secondary N) is 1. The Balaban J connectivity index is 1.43. The summed E-state index contributed by atoms with van der Waals surface area (Å²) >= 11 is 0. The van der Waals surface area contributed by atoms with Crippen LogP contribution in [0, 0.1) is 23.6 Å². The summed E-state index contributed by atoms with van der Waals surface area (Å²) in [5.74, 6) is 1.13. The molecule has 3 N–H and O–H groups in total. The van der Waals surface area contributed by atoms with Gasteiger partial charge in [-0.15, -0.1) is 0 Å². The smallest absolute Gasteiger partial charge is 0.223 e. The van der Waals surface area contributed by atoms with E-state index < -0.39 is 0 Å². The third-order valence-electron chi connectivity index (χ3n) is 6.28. The van der Waals surface area contributed by atoms with Crippen LogP contribution in [-0.4, -0.2) is 11.9 Å². The first-order chi connectivity index (χ1) is 11.1. The van der Waals surface area contributed by atoms with Crippen molar-refractivity contribution >= 4 is 5.91 Å². The van der Waals surface area contributed by atoms with E-state index in [2.05, 4.69) is 5.32 Å². The summed E-state index contributed by atoms with van der Waals surface area (Å²) in [5, 5.41) is 3.23. The summed E-state index contributed by atoms with van der Waals surface area (Å²) in [7, 11) is 0. The van der Waals surface area contributed by atoms with E-state index in [1.165, 1.54) is 25.3 Å². The number of halogens is 1. The predicted molar refractivity (Wildman–Crippen MR) is 87.1 cm³/mol. The van der Waals surface area contributed by atoms with Crippen molar-refractivity contribution in [3.8, 4) is 0 Å². The SMILES string of the molecule is NC1C2CCCC1CC(C(=O)NC1CCc3cc(F)ccc31)C2. The quantitative estimate of drug-likeness (QED) is 0.881. The van der Waals surface area contributed by atoms with E-state index >= 15 is 0 Å². The molecule has 23 heavy (non-hydrogen) atoms. The summed E-state index contributed by atoms with van der Waals surface area (Å²) in [6.07, 6.45) is 7.21. The van der Waals surface area contributed by atoms with Gasteiger partial charge < -0.3 is 11.1 Å². The molecule has 2 bridgehead atoms. The molecule has 0 aromatic heterocycles. The van der Waals surface area contributed by atoms with Crippen LogP contribution < -0.4 is 11.1 Å². The zero-order valence-electron chi connectivity index (χ0n) is 13.4. The highest BCUT2D eigenvalue weighted by Crippen LogP contribution is 2.42. The van der Waals surface area contributed by atoms with Crippen LogP contribution in [0.25, 0.3) is 0 Å². The Bertz CT molecular complexity index is 603. The summed E-state index contributed by atoms with van der Waals surface area (Å²) < 4.78 is 13.3. The maximum Gasteiger partial charge on any atom is 0.223 e. The fourth-order valence-electron chi connectivity index (χ4n) is 5.03. The second-order valence-electron chi connectivity index (χ2n) is 7.64. The van der Waals surface area contributed by atoms with Crippen molar-refractivity contribution in [3.63, 3.8) is 0 Å². The van der Waals surface area contributed by atoms with E-state index in [1.54, 1.807) is 6.07 Å². The fourth-order valence-corrected chi connectivity index (χ4v) is 5.03. The van der Waals surface area contributed by atoms with Crippen LogP contribution in [-0.2, 0) is 11.2 Å². The largest absolute Gasteiger partial charge is 0.349 e. The normalized spacial score (nSPS) is 35.7. The average Bonchev–Trinajstić information content (AvgIpc) is 2.89. The number of carbonyl (C=O) groups is 1. The predicted octanol–water partition coefficient (Wildman–Crippen LogP) is 3.08. The fraction of sp³-hybridized carbons (Fsp3) is 0.632. The van der Waals surface area contributed by atoms with Crippen molar-refractivity contribution in [2.45, 2.75) is 57.0 Å². The number of fused-ring (bicyclic) bond motifs is 3. The highest BCUT2D eigenvalue weighted by atomic mass is 19.1. The molecule has 4 heteroatoms. The molecule has 1 amide bonds. The molecular weight excluding hydrogens is 291 g/mol. The first-order valence-corrected chi connectivity index (χ1v) is 8.96. The van der Waals surface area contributed by atoms with Gasteiger partial charge in [-0.1, -0.05) is 12.5 Å². The van der Waals surface area contributed by atoms with Gasteiger partial charge in [0.15, 0.2) is 0 Å². The van der Waals surface area contributed by atoms with Gasteiger partial charge >= 0.3 is 0 Å². The third-order valence-corrected chi connectivity index (χ3v) is 6.28. The standard InChI is InChI=1S/C19H25FN2O/c20-15-5-6-16-11(10-15)4-7-17(16)22-19(23)14-8-12-2-1-3-13(9-14)18(12)21/h5-6,10,12-14,17-18H,1-4,7-9,21H2,(H,22,23). The Morgan fingerprint density at radius 2 is 1.91 bits per heavy atom. The molecule has 0 heterocycles. The molecule has 0 aliphatic heterocycles. The molecule has 2 fully saturated rings. The van der Waals surface area contributed by atoms with Gasteiger partial charge in [0, 0.05) is 12.0 Å². The molecule has 4 rings (SSSR count). The topological polar surface area (TPSA) is 55.1 Å². The molecule has 3 aliphatic carbocycles. The van der Waals surface area contributed by atoms with Crippen molar-refractivity contribution in [1.82, 2.24) is 5.32 Å². The Morgan fingerprint density at radius 3 is 2.65 bits per heavy atom. The van der Waals surface area contributed by atoms with Crippen LogP contribution in [0.5, 0.6) is 0 Å². The van der Waals surface area contributed by atoms with E-state index in [0.29, 0.717) is 17.9 Å². The van der Waals surface area contributed by atoms with Crippen LogP contribution in [0.2, 0.25) is 0 Å². The average molecular weight is 316 g/mol. The summed E-state index contributed by atoms with van der Waals surface area (Å²) in [6, 6.07) is 5.27. The number of aryl methyl sites for hydroxylation is 1. The number of hydrogen-bond donors (Lipinski definition) is 2. The van der Waals surface area contributed by atoms with Crippen LogP contribution in [0.1, 0.15) is 55.7 Å². The van der Waals surface area contributed by atoms with E-state index in [1.807, 2.05) is 6.07 Å². The second-order valence-corrected chi connectivity index (χ2v) is 7.64.